The predicted molar refractivity (Wildman–Crippen MR) is 45.3 cm³/mol. The van der Waals surface area contributed by atoms with Gasteiger partial charge in [0.1, 0.15) is 5.75 Å². The fourth-order valence-electron chi connectivity index (χ4n) is 1.37. The molecule has 0 bridgehead atoms. The molecule has 0 spiro atoms. The number of hydrogen-bond acceptors (Lipinski definition) is 3. The minimum absolute atomic E-state index is 0.160. The van der Waals surface area contributed by atoms with Crippen molar-refractivity contribution in [2.24, 2.45) is 0 Å². The normalized spacial score (nSPS) is 15.2. The number of ketones is 1. The number of rotatable bonds is 0. The van der Waals surface area contributed by atoms with Crippen molar-refractivity contribution in [3.05, 3.63) is 23.8 Å². The van der Waals surface area contributed by atoms with Gasteiger partial charge in [-0.05, 0) is 23.8 Å². The maximum absolute atomic E-state index is 11.0. The van der Waals surface area contributed by atoms with E-state index >= 15 is 0 Å². The van der Waals surface area contributed by atoms with Gasteiger partial charge in [-0.25, -0.2) is 0 Å². The maximum atomic E-state index is 11.0. The summed E-state index contributed by atoms with van der Waals surface area (Å²) in [4.78, 5) is 11.0. The molecule has 2 N–H and O–H groups in total. The zero-order chi connectivity index (χ0) is 8.55. The van der Waals surface area contributed by atoms with Crippen LogP contribution < -0.4 is 5.32 Å². The number of carbonyl (C=O) groups is 1. The van der Waals surface area contributed by atoms with E-state index in [1.165, 1.54) is 0 Å². The molecule has 3 nitrogen and oxygen atoms in total. The molecule has 1 aromatic rings. The molecule has 0 atom stereocenters. The van der Waals surface area contributed by atoms with Crippen LogP contribution in [0.5, 0.6) is 5.75 Å². The van der Waals surface area contributed by atoms with Crippen LogP contribution >= 0.6 is 0 Å². The molecule has 0 saturated carbocycles. The standard InChI is InChI=1S/C9H9NO2/c11-7-1-2-9-6(3-7)4-8(12)5-10-9/h1-3,10-11H,4-5H2. The molecule has 0 radical (unpaired) electrons. The molecule has 0 fully saturated rings. The Hall–Kier alpha value is -1.51. The second-order valence-corrected chi connectivity index (χ2v) is 2.91. The number of benzene rings is 1. The Bertz CT molecular complexity index is 333. The first-order valence-corrected chi connectivity index (χ1v) is 3.83. The van der Waals surface area contributed by atoms with Gasteiger partial charge in [0.15, 0.2) is 5.78 Å². The number of Topliss-reactive ketones (excluding diaryl/α,β-unsaturated/α-hetero) is 1. The topological polar surface area (TPSA) is 49.3 Å². The van der Waals surface area contributed by atoms with E-state index in [-0.39, 0.29) is 11.5 Å². The summed E-state index contributed by atoms with van der Waals surface area (Å²) >= 11 is 0. The smallest absolute Gasteiger partial charge is 0.156 e. The fraction of sp³-hybridized carbons (Fsp3) is 0.222. The molecule has 0 aromatic heterocycles. The third-order valence-corrected chi connectivity index (χ3v) is 1.95. The summed E-state index contributed by atoms with van der Waals surface area (Å²) in [5.41, 5.74) is 1.83. The first-order valence-electron chi connectivity index (χ1n) is 3.83. The van der Waals surface area contributed by atoms with Crippen LogP contribution in [0.2, 0.25) is 0 Å². The molecule has 1 aliphatic rings. The third kappa shape index (κ3) is 1.13. The lowest BCUT2D eigenvalue weighted by Gasteiger charge is -2.16. The molecule has 12 heavy (non-hydrogen) atoms. The van der Waals surface area contributed by atoms with Gasteiger partial charge >= 0.3 is 0 Å². The highest BCUT2D eigenvalue weighted by molar-refractivity contribution is 5.89. The summed E-state index contributed by atoms with van der Waals surface area (Å²) < 4.78 is 0. The summed E-state index contributed by atoms with van der Waals surface area (Å²) in [6.45, 7) is 0.401. The van der Waals surface area contributed by atoms with Crippen molar-refractivity contribution in [3.8, 4) is 5.75 Å². The van der Waals surface area contributed by atoms with Crippen LogP contribution in [0.4, 0.5) is 5.69 Å². The number of nitrogens with one attached hydrogen (secondary N) is 1. The molecule has 3 heteroatoms. The van der Waals surface area contributed by atoms with Crippen LogP contribution in [0, 0.1) is 0 Å². The second kappa shape index (κ2) is 2.52. The Morgan fingerprint density at radius 1 is 1.42 bits per heavy atom. The number of hydrogen-bond donors (Lipinski definition) is 2. The fourth-order valence-corrected chi connectivity index (χ4v) is 1.37. The van der Waals surface area contributed by atoms with E-state index in [1.807, 2.05) is 0 Å². The van der Waals surface area contributed by atoms with E-state index < -0.39 is 0 Å². The summed E-state index contributed by atoms with van der Waals surface area (Å²) in [7, 11) is 0. The van der Waals surface area contributed by atoms with Gasteiger partial charge in [0.25, 0.3) is 0 Å². The number of anilines is 1. The lowest BCUT2D eigenvalue weighted by molar-refractivity contribution is -0.117. The zero-order valence-electron chi connectivity index (χ0n) is 6.50. The first kappa shape index (κ1) is 7.16. The lowest BCUT2D eigenvalue weighted by atomic mass is 10.0. The minimum Gasteiger partial charge on any atom is -0.508 e. The number of carbonyl (C=O) groups excluding carboxylic acids is 1. The van der Waals surface area contributed by atoms with E-state index in [0.29, 0.717) is 13.0 Å². The van der Waals surface area contributed by atoms with E-state index in [9.17, 15) is 4.79 Å². The Balaban J connectivity index is 2.44. The van der Waals surface area contributed by atoms with Gasteiger partial charge < -0.3 is 10.4 Å². The molecular weight excluding hydrogens is 154 g/mol. The van der Waals surface area contributed by atoms with Crippen molar-refractivity contribution < 1.29 is 9.90 Å². The van der Waals surface area contributed by atoms with Crippen molar-refractivity contribution in [2.75, 3.05) is 11.9 Å². The van der Waals surface area contributed by atoms with Crippen LogP contribution in [0.25, 0.3) is 0 Å². The Labute approximate surface area is 70.0 Å². The van der Waals surface area contributed by atoms with E-state index in [4.69, 9.17) is 5.11 Å². The maximum Gasteiger partial charge on any atom is 0.156 e. The van der Waals surface area contributed by atoms with Crippen molar-refractivity contribution >= 4 is 11.5 Å². The van der Waals surface area contributed by atoms with Crippen molar-refractivity contribution in [3.63, 3.8) is 0 Å². The first-order chi connectivity index (χ1) is 5.75. The van der Waals surface area contributed by atoms with Gasteiger partial charge in [0.05, 0.1) is 6.54 Å². The van der Waals surface area contributed by atoms with Gasteiger partial charge in [-0.2, -0.15) is 0 Å². The number of phenols is 1. The highest BCUT2D eigenvalue weighted by atomic mass is 16.3. The molecular formula is C9H9NO2. The number of phenolic OH excluding ortho intramolecular Hbond substituents is 1. The molecule has 1 aromatic carbocycles. The van der Waals surface area contributed by atoms with Crippen molar-refractivity contribution in [2.45, 2.75) is 6.42 Å². The quantitative estimate of drug-likeness (QED) is 0.559. The van der Waals surface area contributed by atoms with Crippen LogP contribution in [0.3, 0.4) is 0 Å². The van der Waals surface area contributed by atoms with Crippen LogP contribution in [0.1, 0.15) is 5.56 Å². The second-order valence-electron chi connectivity index (χ2n) is 2.91. The van der Waals surface area contributed by atoms with Gasteiger partial charge in [-0.3, -0.25) is 4.79 Å². The van der Waals surface area contributed by atoms with E-state index in [2.05, 4.69) is 5.32 Å². The van der Waals surface area contributed by atoms with Crippen molar-refractivity contribution in [1.82, 2.24) is 0 Å². The Morgan fingerprint density at radius 2 is 2.25 bits per heavy atom. The number of aromatic hydroxyl groups is 1. The Kier molecular flexibility index (Phi) is 1.50. The minimum atomic E-state index is 0.160. The monoisotopic (exact) mass is 163 g/mol. The van der Waals surface area contributed by atoms with Gasteiger partial charge in [0, 0.05) is 12.1 Å². The summed E-state index contributed by atoms with van der Waals surface area (Å²) in [6, 6.07) is 5.03. The highest BCUT2D eigenvalue weighted by Crippen LogP contribution is 2.24. The van der Waals surface area contributed by atoms with Crippen LogP contribution in [0.15, 0.2) is 18.2 Å². The van der Waals surface area contributed by atoms with Gasteiger partial charge in [-0.1, -0.05) is 0 Å². The van der Waals surface area contributed by atoms with E-state index in [1.54, 1.807) is 18.2 Å². The van der Waals surface area contributed by atoms with Gasteiger partial charge in [-0.15, -0.1) is 0 Å². The molecule has 1 aliphatic heterocycles. The van der Waals surface area contributed by atoms with Crippen molar-refractivity contribution in [1.29, 1.82) is 0 Å². The average molecular weight is 163 g/mol. The largest absolute Gasteiger partial charge is 0.508 e. The molecule has 0 aliphatic carbocycles. The van der Waals surface area contributed by atoms with Crippen LogP contribution in [-0.2, 0) is 11.2 Å². The molecule has 0 unspecified atom stereocenters. The van der Waals surface area contributed by atoms with E-state index in [0.717, 1.165) is 11.3 Å². The summed E-state index contributed by atoms with van der Waals surface area (Å²) in [5.74, 6) is 0.373. The zero-order valence-corrected chi connectivity index (χ0v) is 6.50. The van der Waals surface area contributed by atoms with Gasteiger partial charge in [0.2, 0.25) is 0 Å². The molecule has 0 amide bonds. The predicted octanol–water partition coefficient (Wildman–Crippen LogP) is 0.929. The SMILES string of the molecule is O=C1CNc2ccc(O)cc2C1. The molecule has 62 valence electrons. The summed E-state index contributed by atoms with van der Waals surface area (Å²) in [5, 5.41) is 12.1. The third-order valence-electron chi connectivity index (χ3n) is 1.95. The average Bonchev–Trinajstić information content (AvgIpc) is 2.03. The van der Waals surface area contributed by atoms with Crippen LogP contribution in [-0.4, -0.2) is 17.4 Å². The lowest BCUT2D eigenvalue weighted by Crippen LogP contribution is -2.22. The molecule has 0 saturated heterocycles. The highest BCUT2D eigenvalue weighted by Gasteiger charge is 2.14. The molecule has 2 rings (SSSR count). The Morgan fingerprint density at radius 3 is 3.08 bits per heavy atom. The molecule has 1 heterocycles. The summed E-state index contributed by atoms with van der Waals surface area (Å²) in [6.07, 6.45) is 0.427. The number of fused-ring (bicyclic) bond motifs is 1.